The lowest BCUT2D eigenvalue weighted by atomic mass is 9.95. The van der Waals surface area contributed by atoms with Crippen LogP contribution in [0.3, 0.4) is 0 Å². The van der Waals surface area contributed by atoms with Crippen molar-refractivity contribution in [2.75, 3.05) is 31.1 Å². The molecule has 2 saturated heterocycles. The number of anilines is 1. The molecular weight excluding hydrogens is 456 g/mol. The summed E-state index contributed by atoms with van der Waals surface area (Å²) in [5, 5.41) is 11.3. The van der Waals surface area contributed by atoms with Crippen molar-refractivity contribution < 1.29 is 24.2 Å². The Labute approximate surface area is 213 Å². The van der Waals surface area contributed by atoms with Gasteiger partial charge in [0.05, 0.1) is 23.8 Å². The van der Waals surface area contributed by atoms with E-state index in [-0.39, 0.29) is 23.5 Å². The number of aliphatic hydroxyl groups is 1. The van der Waals surface area contributed by atoms with Gasteiger partial charge in [-0.05, 0) is 82.5 Å². The number of ether oxygens (including phenoxy) is 2. The molecule has 2 fully saturated rings. The van der Waals surface area contributed by atoms with E-state index in [1.807, 2.05) is 38.1 Å². The Morgan fingerprint density at radius 1 is 1.08 bits per heavy atom. The van der Waals surface area contributed by atoms with Crippen LogP contribution in [0, 0.1) is 0 Å². The molecule has 2 aromatic carbocycles. The molecule has 0 aromatic heterocycles. The number of Topliss-reactive ketones (excluding diaryl/α,β-unsaturated/α-hetero) is 1. The molecule has 1 amide bonds. The van der Waals surface area contributed by atoms with Gasteiger partial charge in [-0.3, -0.25) is 9.59 Å². The van der Waals surface area contributed by atoms with Gasteiger partial charge < -0.3 is 24.4 Å². The summed E-state index contributed by atoms with van der Waals surface area (Å²) < 4.78 is 11.5. The fraction of sp³-hybridized carbons (Fsp3) is 0.448. The van der Waals surface area contributed by atoms with Crippen LogP contribution in [-0.2, 0) is 14.3 Å². The monoisotopic (exact) mass is 492 g/mol. The number of amides is 1. The molecule has 2 unspecified atom stereocenters. The molecule has 192 valence electrons. The lowest BCUT2D eigenvalue weighted by Gasteiger charge is -2.28. The van der Waals surface area contributed by atoms with Crippen LogP contribution in [0.4, 0.5) is 5.69 Å². The molecule has 2 aliphatic rings. The maximum Gasteiger partial charge on any atom is 0.295 e. The van der Waals surface area contributed by atoms with Gasteiger partial charge in [-0.15, -0.1) is 0 Å². The van der Waals surface area contributed by atoms with Crippen molar-refractivity contribution in [3.8, 4) is 5.75 Å². The van der Waals surface area contributed by atoms with Crippen LogP contribution in [-0.4, -0.2) is 60.1 Å². The number of likely N-dealkylation sites (tertiary alicyclic amines) is 1. The molecule has 0 saturated carbocycles. The first-order valence-electron chi connectivity index (χ1n) is 12.9. The van der Waals surface area contributed by atoms with Gasteiger partial charge in [0.25, 0.3) is 11.7 Å². The van der Waals surface area contributed by atoms with E-state index in [1.165, 1.54) is 0 Å². The molecule has 7 heteroatoms. The molecule has 0 spiro atoms. The van der Waals surface area contributed by atoms with Gasteiger partial charge in [0.2, 0.25) is 0 Å². The minimum atomic E-state index is -0.688. The summed E-state index contributed by atoms with van der Waals surface area (Å²) in [5.74, 6) is -0.795. The van der Waals surface area contributed by atoms with E-state index in [4.69, 9.17) is 9.47 Å². The zero-order valence-corrected chi connectivity index (χ0v) is 21.6. The highest BCUT2D eigenvalue weighted by Crippen LogP contribution is 2.40. The van der Waals surface area contributed by atoms with Gasteiger partial charge in [-0.1, -0.05) is 12.1 Å². The Morgan fingerprint density at radius 2 is 1.75 bits per heavy atom. The van der Waals surface area contributed by atoms with Crippen LogP contribution in [0.25, 0.3) is 5.76 Å². The Kier molecular flexibility index (Phi) is 7.99. The smallest absolute Gasteiger partial charge is 0.295 e. The summed E-state index contributed by atoms with van der Waals surface area (Å²) in [7, 11) is 0. The van der Waals surface area contributed by atoms with Gasteiger partial charge in [-0.2, -0.15) is 0 Å². The zero-order chi connectivity index (χ0) is 25.8. The molecule has 0 bridgehead atoms. The van der Waals surface area contributed by atoms with Crippen LogP contribution < -0.4 is 9.64 Å². The maximum absolute atomic E-state index is 13.3. The van der Waals surface area contributed by atoms with Crippen molar-refractivity contribution >= 4 is 23.1 Å². The minimum absolute atomic E-state index is 0.0203. The summed E-state index contributed by atoms with van der Waals surface area (Å²) in [6, 6.07) is 14.1. The fourth-order valence-electron chi connectivity index (χ4n) is 5.00. The number of carbonyl (C=O) groups excluding carboxylic acids is 2. The van der Waals surface area contributed by atoms with Crippen molar-refractivity contribution in [2.45, 2.75) is 58.8 Å². The number of benzene rings is 2. The van der Waals surface area contributed by atoms with E-state index >= 15 is 0 Å². The molecule has 7 nitrogen and oxygen atoms in total. The molecule has 0 aliphatic carbocycles. The average Bonchev–Trinajstić information content (AvgIpc) is 3.47. The molecule has 1 N–H and O–H groups in total. The highest BCUT2D eigenvalue weighted by atomic mass is 16.5. The summed E-state index contributed by atoms with van der Waals surface area (Å²) in [6.45, 7) is 10.8. The highest BCUT2D eigenvalue weighted by Gasteiger charge is 2.47. The number of rotatable bonds is 9. The Hall–Kier alpha value is -3.32. The minimum Gasteiger partial charge on any atom is -0.507 e. The number of hydrogen-bond donors (Lipinski definition) is 1. The van der Waals surface area contributed by atoms with Crippen LogP contribution in [0.2, 0.25) is 0 Å². The lowest BCUT2D eigenvalue weighted by Crippen LogP contribution is -2.36. The Balaban J connectivity index is 1.75. The predicted octanol–water partition coefficient (Wildman–Crippen LogP) is 4.92. The van der Waals surface area contributed by atoms with Crippen molar-refractivity contribution in [3.05, 3.63) is 65.2 Å². The normalized spacial score (nSPS) is 21.4. The number of nitrogens with zero attached hydrogens (tertiary/aromatic N) is 2. The largest absolute Gasteiger partial charge is 0.507 e. The summed E-state index contributed by atoms with van der Waals surface area (Å²) in [5.41, 5.74) is 2.42. The molecule has 2 heterocycles. The Morgan fingerprint density at radius 3 is 2.31 bits per heavy atom. The van der Waals surface area contributed by atoms with Gasteiger partial charge in [0, 0.05) is 37.5 Å². The molecular formula is C29H36N2O5. The molecule has 2 aliphatic heterocycles. The Bertz CT molecular complexity index is 1100. The SMILES string of the molecule is CCN(CC)c1ccc(C2/C(=C(/O)c3ccc(OC(C)C)cc3)C(=O)C(=O)N2CC2CCCO2)cc1. The van der Waals surface area contributed by atoms with Crippen molar-refractivity contribution in [1.29, 1.82) is 0 Å². The standard InChI is InChI=1S/C29H36N2O5/c1-5-30(6-2)22-13-9-20(10-14-22)26-25(27(32)21-11-15-23(16-12-21)36-19(3)4)28(33)29(34)31(26)18-24-8-7-17-35-24/h9-16,19,24,26,32H,5-8,17-18H2,1-4H3/b27-25-. The second-order valence-corrected chi connectivity index (χ2v) is 9.54. The molecule has 4 rings (SSSR count). The van der Waals surface area contributed by atoms with Crippen LogP contribution in [0.1, 0.15) is 57.7 Å². The van der Waals surface area contributed by atoms with Gasteiger partial charge in [0.1, 0.15) is 11.5 Å². The summed E-state index contributed by atoms with van der Waals surface area (Å²) in [6.07, 6.45) is 1.68. The number of carbonyl (C=O) groups is 2. The van der Waals surface area contributed by atoms with E-state index in [9.17, 15) is 14.7 Å². The summed E-state index contributed by atoms with van der Waals surface area (Å²) in [4.78, 5) is 30.3. The first-order valence-corrected chi connectivity index (χ1v) is 12.9. The van der Waals surface area contributed by atoms with Crippen LogP contribution in [0.15, 0.2) is 54.1 Å². The summed E-state index contributed by atoms with van der Waals surface area (Å²) >= 11 is 0. The van der Waals surface area contributed by atoms with E-state index in [2.05, 4.69) is 18.7 Å². The molecule has 0 radical (unpaired) electrons. The second-order valence-electron chi connectivity index (χ2n) is 9.54. The third-order valence-corrected chi connectivity index (χ3v) is 6.80. The van der Waals surface area contributed by atoms with Gasteiger partial charge >= 0.3 is 0 Å². The van der Waals surface area contributed by atoms with Gasteiger partial charge in [0.15, 0.2) is 0 Å². The molecule has 2 aromatic rings. The average molecular weight is 493 g/mol. The van der Waals surface area contributed by atoms with E-state index < -0.39 is 17.7 Å². The van der Waals surface area contributed by atoms with E-state index in [0.29, 0.717) is 24.5 Å². The molecule has 36 heavy (non-hydrogen) atoms. The van der Waals surface area contributed by atoms with Gasteiger partial charge in [-0.25, -0.2) is 0 Å². The fourth-order valence-corrected chi connectivity index (χ4v) is 5.00. The number of hydrogen-bond acceptors (Lipinski definition) is 6. The van der Waals surface area contributed by atoms with Crippen LogP contribution in [0.5, 0.6) is 5.75 Å². The number of ketones is 1. The second kappa shape index (κ2) is 11.2. The predicted molar refractivity (Wildman–Crippen MR) is 140 cm³/mol. The van der Waals surface area contributed by atoms with Crippen molar-refractivity contribution in [3.63, 3.8) is 0 Å². The van der Waals surface area contributed by atoms with Crippen molar-refractivity contribution in [2.24, 2.45) is 0 Å². The van der Waals surface area contributed by atoms with Crippen molar-refractivity contribution in [1.82, 2.24) is 4.90 Å². The first kappa shape index (κ1) is 25.8. The lowest BCUT2D eigenvalue weighted by molar-refractivity contribution is -0.140. The van der Waals surface area contributed by atoms with E-state index in [1.54, 1.807) is 29.2 Å². The first-order chi connectivity index (χ1) is 17.3. The zero-order valence-electron chi connectivity index (χ0n) is 21.6. The highest BCUT2D eigenvalue weighted by molar-refractivity contribution is 6.46. The third-order valence-electron chi connectivity index (χ3n) is 6.80. The maximum atomic E-state index is 13.3. The topological polar surface area (TPSA) is 79.3 Å². The number of aliphatic hydroxyl groups excluding tert-OH is 1. The third kappa shape index (κ3) is 5.26. The quantitative estimate of drug-likeness (QED) is 0.304. The molecule has 2 atom stereocenters. The van der Waals surface area contributed by atoms with E-state index in [0.717, 1.165) is 37.2 Å². The van der Waals surface area contributed by atoms with Crippen LogP contribution >= 0.6 is 0 Å².